The van der Waals surface area contributed by atoms with Crippen LogP contribution in [0, 0.1) is 19.3 Å². The van der Waals surface area contributed by atoms with Crippen LogP contribution in [-0.4, -0.2) is 13.0 Å². The van der Waals surface area contributed by atoms with Crippen LogP contribution in [0.1, 0.15) is 16.7 Å². The number of hydrogen-bond donors (Lipinski definition) is 1. The third-order valence-electron chi connectivity index (χ3n) is 2.88. The van der Waals surface area contributed by atoms with E-state index in [2.05, 4.69) is 13.0 Å². The number of aryl methyl sites for hydroxylation is 2. The normalized spacial score (nSPS) is 10.1. The van der Waals surface area contributed by atoms with Crippen LogP contribution in [0.25, 0.3) is 0 Å². The van der Waals surface area contributed by atoms with Gasteiger partial charge in [0, 0.05) is 5.56 Å². The predicted octanol–water partition coefficient (Wildman–Crippen LogP) is 4.07. The van der Waals surface area contributed by atoms with Crippen molar-refractivity contribution >= 4 is 5.90 Å². The molecular formula is C16H17NO2. The summed E-state index contributed by atoms with van der Waals surface area (Å²) in [6, 6.07) is 13.4. The van der Waals surface area contributed by atoms with Gasteiger partial charge in [-0.05, 0) is 49.7 Å². The Morgan fingerprint density at radius 2 is 1.68 bits per heavy atom. The molecule has 0 bridgehead atoms. The molecule has 0 aliphatic heterocycles. The summed E-state index contributed by atoms with van der Waals surface area (Å²) in [4.78, 5) is 0. The highest BCUT2D eigenvalue weighted by molar-refractivity contribution is 5.91. The van der Waals surface area contributed by atoms with Gasteiger partial charge in [0.2, 0.25) is 5.90 Å². The molecule has 0 unspecified atom stereocenters. The van der Waals surface area contributed by atoms with E-state index in [1.54, 1.807) is 0 Å². The number of nitrogens with one attached hydrogen (secondary N) is 1. The fourth-order valence-electron chi connectivity index (χ4n) is 1.83. The third kappa shape index (κ3) is 3.13. The zero-order valence-electron chi connectivity index (χ0n) is 11.4. The summed E-state index contributed by atoms with van der Waals surface area (Å²) in [5.74, 6) is 1.75. The monoisotopic (exact) mass is 255 g/mol. The molecule has 19 heavy (non-hydrogen) atoms. The van der Waals surface area contributed by atoms with Gasteiger partial charge in [-0.3, -0.25) is 5.41 Å². The number of rotatable bonds is 3. The minimum Gasteiger partial charge on any atom is -0.481 e. The van der Waals surface area contributed by atoms with Crippen molar-refractivity contribution in [2.24, 2.45) is 0 Å². The lowest BCUT2D eigenvalue weighted by atomic mass is 10.1. The van der Waals surface area contributed by atoms with Crippen molar-refractivity contribution in [2.45, 2.75) is 13.8 Å². The zero-order valence-corrected chi connectivity index (χ0v) is 11.4. The molecule has 1 N–H and O–H groups in total. The van der Waals surface area contributed by atoms with Crippen LogP contribution in [0.2, 0.25) is 0 Å². The first-order chi connectivity index (χ1) is 9.10. The van der Waals surface area contributed by atoms with Crippen molar-refractivity contribution in [1.29, 1.82) is 5.41 Å². The second kappa shape index (κ2) is 5.57. The third-order valence-corrected chi connectivity index (χ3v) is 2.88. The molecule has 0 saturated heterocycles. The molecule has 0 atom stereocenters. The van der Waals surface area contributed by atoms with Crippen molar-refractivity contribution in [2.75, 3.05) is 7.11 Å². The lowest BCUT2D eigenvalue weighted by Crippen LogP contribution is -2.00. The maximum absolute atomic E-state index is 7.56. The Bertz CT molecular complexity index is 588. The van der Waals surface area contributed by atoms with E-state index in [-0.39, 0.29) is 5.90 Å². The van der Waals surface area contributed by atoms with Crippen molar-refractivity contribution in [3.63, 3.8) is 0 Å². The summed E-state index contributed by atoms with van der Waals surface area (Å²) < 4.78 is 10.7. The van der Waals surface area contributed by atoms with Gasteiger partial charge in [-0.1, -0.05) is 17.7 Å². The van der Waals surface area contributed by atoms with E-state index < -0.39 is 0 Å². The minimum atomic E-state index is 0.151. The molecule has 0 aliphatic carbocycles. The smallest absolute Gasteiger partial charge is 0.212 e. The summed E-state index contributed by atoms with van der Waals surface area (Å²) in [7, 11) is 1.49. The minimum absolute atomic E-state index is 0.151. The predicted molar refractivity (Wildman–Crippen MR) is 76.3 cm³/mol. The Labute approximate surface area is 113 Å². The molecule has 2 aromatic carbocycles. The molecule has 2 rings (SSSR count). The van der Waals surface area contributed by atoms with Crippen LogP contribution < -0.4 is 4.74 Å². The summed E-state index contributed by atoms with van der Waals surface area (Å²) in [5, 5.41) is 7.56. The van der Waals surface area contributed by atoms with Crippen molar-refractivity contribution in [1.82, 2.24) is 0 Å². The number of ether oxygens (including phenoxy) is 2. The van der Waals surface area contributed by atoms with E-state index in [4.69, 9.17) is 14.9 Å². The molecule has 0 spiro atoms. The van der Waals surface area contributed by atoms with E-state index in [0.29, 0.717) is 0 Å². The zero-order chi connectivity index (χ0) is 13.8. The number of hydrogen-bond acceptors (Lipinski definition) is 3. The molecular weight excluding hydrogens is 238 g/mol. The van der Waals surface area contributed by atoms with E-state index in [9.17, 15) is 0 Å². The molecule has 0 fully saturated rings. The highest BCUT2D eigenvalue weighted by Crippen LogP contribution is 2.25. The number of methoxy groups -OCH3 is 1. The first kappa shape index (κ1) is 13.1. The molecule has 3 heteroatoms. The molecule has 98 valence electrons. The summed E-state index contributed by atoms with van der Waals surface area (Å²) in [6.07, 6.45) is 0. The van der Waals surface area contributed by atoms with Crippen LogP contribution in [0.15, 0.2) is 42.5 Å². The van der Waals surface area contributed by atoms with Gasteiger partial charge in [0.25, 0.3) is 0 Å². The Morgan fingerprint density at radius 3 is 2.26 bits per heavy atom. The van der Waals surface area contributed by atoms with Gasteiger partial charge >= 0.3 is 0 Å². The molecule has 0 amide bonds. The Balaban J connectivity index is 2.17. The average molecular weight is 255 g/mol. The van der Waals surface area contributed by atoms with Gasteiger partial charge in [-0.15, -0.1) is 0 Å². The van der Waals surface area contributed by atoms with Crippen molar-refractivity contribution in [3.05, 3.63) is 59.2 Å². The van der Waals surface area contributed by atoms with Gasteiger partial charge in [0.15, 0.2) is 0 Å². The molecule has 3 nitrogen and oxygen atoms in total. The lowest BCUT2D eigenvalue weighted by molar-refractivity contribution is 0.401. The van der Waals surface area contributed by atoms with Crippen LogP contribution in [0.5, 0.6) is 11.5 Å². The quantitative estimate of drug-likeness (QED) is 0.663. The highest BCUT2D eigenvalue weighted by Gasteiger charge is 2.04. The summed E-state index contributed by atoms with van der Waals surface area (Å²) in [5.41, 5.74) is 3.05. The Morgan fingerprint density at radius 1 is 1.00 bits per heavy atom. The molecule has 0 aliphatic rings. The van der Waals surface area contributed by atoms with Gasteiger partial charge in [0.1, 0.15) is 11.5 Å². The average Bonchev–Trinajstić information content (AvgIpc) is 2.42. The largest absolute Gasteiger partial charge is 0.481 e. The second-order valence-corrected chi connectivity index (χ2v) is 4.43. The lowest BCUT2D eigenvalue weighted by Gasteiger charge is -2.10. The van der Waals surface area contributed by atoms with Crippen LogP contribution in [0.4, 0.5) is 0 Å². The number of benzene rings is 2. The van der Waals surface area contributed by atoms with Gasteiger partial charge in [0.05, 0.1) is 7.11 Å². The standard InChI is InChI=1S/C16H17NO2/c1-11-4-9-15(12(2)10-11)19-14-7-5-13(6-8-14)16(17)18-3/h4-10,17H,1-3H3. The van der Waals surface area contributed by atoms with Crippen LogP contribution >= 0.6 is 0 Å². The van der Waals surface area contributed by atoms with Gasteiger partial charge < -0.3 is 9.47 Å². The molecule has 0 radical (unpaired) electrons. The van der Waals surface area contributed by atoms with Crippen molar-refractivity contribution in [3.8, 4) is 11.5 Å². The summed E-state index contributed by atoms with van der Waals surface area (Å²) in [6.45, 7) is 4.08. The molecule has 0 heterocycles. The van der Waals surface area contributed by atoms with E-state index in [1.165, 1.54) is 12.7 Å². The SMILES string of the molecule is COC(=N)c1ccc(Oc2ccc(C)cc2C)cc1. The second-order valence-electron chi connectivity index (χ2n) is 4.43. The Kier molecular flexibility index (Phi) is 3.85. The topological polar surface area (TPSA) is 42.3 Å². The van der Waals surface area contributed by atoms with Crippen molar-refractivity contribution < 1.29 is 9.47 Å². The first-order valence-corrected chi connectivity index (χ1v) is 6.08. The van der Waals surface area contributed by atoms with Gasteiger partial charge in [-0.2, -0.15) is 0 Å². The fraction of sp³-hybridized carbons (Fsp3) is 0.188. The first-order valence-electron chi connectivity index (χ1n) is 6.08. The maximum Gasteiger partial charge on any atom is 0.212 e. The van der Waals surface area contributed by atoms with E-state index in [0.717, 1.165) is 22.6 Å². The molecule has 0 aromatic heterocycles. The van der Waals surface area contributed by atoms with E-state index in [1.807, 2.05) is 43.3 Å². The van der Waals surface area contributed by atoms with Gasteiger partial charge in [-0.25, -0.2) is 0 Å². The highest BCUT2D eigenvalue weighted by atomic mass is 16.5. The Hall–Kier alpha value is -2.29. The maximum atomic E-state index is 7.56. The fourth-order valence-corrected chi connectivity index (χ4v) is 1.83. The van der Waals surface area contributed by atoms with Crippen LogP contribution in [-0.2, 0) is 4.74 Å². The molecule has 0 saturated carbocycles. The van der Waals surface area contributed by atoms with E-state index >= 15 is 0 Å². The molecule has 2 aromatic rings. The van der Waals surface area contributed by atoms with Crippen LogP contribution in [0.3, 0.4) is 0 Å². The summed E-state index contributed by atoms with van der Waals surface area (Å²) >= 11 is 0.